The highest BCUT2D eigenvalue weighted by molar-refractivity contribution is 5.72. The van der Waals surface area contributed by atoms with Crippen LogP contribution in [0, 0.1) is 11.3 Å². The standard InChI is InChI=1S/C13H25NO4/c1-10(9-13(2,3)4)11(15)17-7-6-8-18-12(16)14-5/h10H,6-9H2,1-5H3,(H,14,16). The van der Waals surface area contributed by atoms with E-state index >= 15 is 0 Å². The van der Waals surface area contributed by atoms with Gasteiger partial charge in [-0.15, -0.1) is 0 Å². The van der Waals surface area contributed by atoms with Crippen LogP contribution in [0.4, 0.5) is 4.79 Å². The summed E-state index contributed by atoms with van der Waals surface area (Å²) in [5, 5.41) is 2.34. The van der Waals surface area contributed by atoms with Crippen LogP contribution in [0.1, 0.15) is 40.5 Å². The molecule has 18 heavy (non-hydrogen) atoms. The van der Waals surface area contributed by atoms with Gasteiger partial charge in [-0.2, -0.15) is 0 Å². The molecule has 1 N–H and O–H groups in total. The summed E-state index contributed by atoms with van der Waals surface area (Å²) < 4.78 is 9.89. The molecule has 0 fully saturated rings. The summed E-state index contributed by atoms with van der Waals surface area (Å²) in [5.74, 6) is -0.297. The van der Waals surface area contributed by atoms with Gasteiger partial charge in [0.1, 0.15) is 0 Å². The second-order valence-corrected chi connectivity index (χ2v) is 5.57. The smallest absolute Gasteiger partial charge is 0.406 e. The van der Waals surface area contributed by atoms with Crippen molar-refractivity contribution in [1.29, 1.82) is 0 Å². The van der Waals surface area contributed by atoms with Gasteiger partial charge in [0, 0.05) is 13.5 Å². The average molecular weight is 259 g/mol. The average Bonchev–Trinajstić information content (AvgIpc) is 2.25. The highest BCUT2D eigenvalue weighted by atomic mass is 16.6. The topological polar surface area (TPSA) is 64.6 Å². The maximum atomic E-state index is 11.6. The molecule has 106 valence electrons. The van der Waals surface area contributed by atoms with E-state index in [2.05, 4.69) is 26.1 Å². The van der Waals surface area contributed by atoms with Crippen LogP contribution in [-0.2, 0) is 14.3 Å². The third-order valence-corrected chi connectivity index (χ3v) is 2.29. The number of amides is 1. The zero-order valence-electron chi connectivity index (χ0n) is 12.0. The van der Waals surface area contributed by atoms with Crippen LogP contribution >= 0.6 is 0 Å². The minimum Gasteiger partial charge on any atom is -0.465 e. The number of ether oxygens (including phenoxy) is 2. The van der Waals surface area contributed by atoms with Crippen molar-refractivity contribution in [2.45, 2.75) is 40.5 Å². The molecule has 5 heteroatoms. The first-order chi connectivity index (χ1) is 8.26. The fourth-order valence-electron chi connectivity index (χ4n) is 1.61. The summed E-state index contributed by atoms with van der Waals surface area (Å²) in [6.45, 7) is 8.68. The van der Waals surface area contributed by atoms with E-state index in [4.69, 9.17) is 9.47 Å². The lowest BCUT2D eigenvalue weighted by atomic mass is 9.85. The summed E-state index contributed by atoms with van der Waals surface area (Å²) in [7, 11) is 1.50. The lowest BCUT2D eigenvalue weighted by molar-refractivity contribution is -0.149. The van der Waals surface area contributed by atoms with Crippen LogP contribution in [0.15, 0.2) is 0 Å². The Kier molecular flexibility index (Phi) is 7.39. The number of carbonyl (C=O) groups excluding carboxylic acids is 2. The molecule has 0 aromatic carbocycles. The fourth-order valence-corrected chi connectivity index (χ4v) is 1.61. The first kappa shape index (κ1) is 16.7. The molecular formula is C13H25NO4. The molecule has 0 saturated heterocycles. The van der Waals surface area contributed by atoms with Crippen LogP contribution in [0.3, 0.4) is 0 Å². The molecule has 0 aromatic heterocycles. The maximum absolute atomic E-state index is 11.6. The van der Waals surface area contributed by atoms with E-state index in [1.165, 1.54) is 7.05 Å². The summed E-state index contributed by atoms with van der Waals surface area (Å²) in [5.41, 5.74) is 0.112. The summed E-state index contributed by atoms with van der Waals surface area (Å²) in [4.78, 5) is 22.4. The molecule has 0 aliphatic rings. The molecule has 0 saturated carbocycles. The van der Waals surface area contributed by atoms with Crippen LogP contribution in [0.25, 0.3) is 0 Å². The van der Waals surface area contributed by atoms with E-state index in [-0.39, 0.29) is 30.5 Å². The molecule has 0 spiro atoms. The minimum atomic E-state index is -0.470. The molecule has 0 aliphatic heterocycles. The van der Waals surface area contributed by atoms with Crippen LogP contribution in [-0.4, -0.2) is 32.3 Å². The van der Waals surface area contributed by atoms with Crippen molar-refractivity contribution in [3.05, 3.63) is 0 Å². The van der Waals surface area contributed by atoms with Gasteiger partial charge in [-0.25, -0.2) is 4.79 Å². The molecule has 0 aliphatic carbocycles. The second kappa shape index (κ2) is 7.95. The highest BCUT2D eigenvalue weighted by Gasteiger charge is 2.21. The Balaban J connectivity index is 3.68. The molecular weight excluding hydrogens is 234 g/mol. The minimum absolute atomic E-state index is 0.107. The number of alkyl carbamates (subject to hydrolysis) is 1. The Morgan fingerprint density at radius 2 is 1.72 bits per heavy atom. The summed E-state index contributed by atoms with van der Waals surface area (Å²) in [6.07, 6.45) is 0.838. The zero-order chi connectivity index (χ0) is 14.2. The third kappa shape index (κ3) is 8.84. The normalized spacial score (nSPS) is 12.7. The Labute approximate surface area is 109 Å². The molecule has 1 atom stereocenters. The van der Waals surface area contributed by atoms with Crippen LogP contribution in [0.2, 0.25) is 0 Å². The van der Waals surface area contributed by atoms with Crippen molar-refractivity contribution >= 4 is 12.1 Å². The van der Waals surface area contributed by atoms with Gasteiger partial charge in [-0.3, -0.25) is 4.79 Å². The van der Waals surface area contributed by atoms with Gasteiger partial charge in [-0.05, 0) is 11.8 Å². The van der Waals surface area contributed by atoms with E-state index in [0.717, 1.165) is 6.42 Å². The van der Waals surface area contributed by atoms with Crippen LogP contribution < -0.4 is 5.32 Å². The highest BCUT2D eigenvalue weighted by Crippen LogP contribution is 2.24. The summed E-state index contributed by atoms with van der Waals surface area (Å²) >= 11 is 0. The number of nitrogens with one attached hydrogen (secondary N) is 1. The predicted molar refractivity (Wildman–Crippen MR) is 69.2 cm³/mol. The van der Waals surface area contributed by atoms with Gasteiger partial charge < -0.3 is 14.8 Å². The van der Waals surface area contributed by atoms with E-state index in [1.807, 2.05) is 6.92 Å². The number of hydrogen-bond acceptors (Lipinski definition) is 4. The third-order valence-electron chi connectivity index (χ3n) is 2.29. The SMILES string of the molecule is CNC(=O)OCCCOC(=O)C(C)CC(C)(C)C. The Bertz CT molecular complexity index is 271. The molecule has 1 unspecified atom stereocenters. The van der Waals surface area contributed by atoms with Crippen molar-refractivity contribution in [2.75, 3.05) is 20.3 Å². The van der Waals surface area contributed by atoms with E-state index in [1.54, 1.807) is 0 Å². The van der Waals surface area contributed by atoms with Gasteiger partial charge in [0.15, 0.2) is 0 Å². The first-order valence-electron chi connectivity index (χ1n) is 6.27. The number of carbonyl (C=O) groups is 2. The zero-order valence-corrected chi connectivity index (χ0v) is 12.0. The molecule has 1 amide bonds. The van der Waals surface area contributed by atoms with E-state index in [0.29, 0.717) is 6.42 Å². The Morgan fingerprint density at radius 3 is 2.22 bits per heavy atom. The predicted octanol–water partition coefficient (Wildman–Crippen LogP) is 2.35. The van der Waals surface area contributed by atoms with Gasteiger partial charge in [0.2, 0.25) is 0 Å². The molecule has 0 rings (SSSR count). The molecule has 0 bridgehead atoms. The van der Waals surface area contributed by atoms with E-state index in [9.17, 15) is 9.59 Å². The van der Waals surface area contributed by atoms with Crippen LogP contribution in [0.5, 0.6) is 0 Å². The Hall–Kier alpha value is -1.26. The van der Waals surface area contributed by atoms with Crippen molar-refractivity contribution < 1.29 is 19.1 Å². The quantitative estimate of drug-likeness (QED) is 0.587. The molecule has 0 heterocycles. The van der Waals surface area contributed by atoms with Gasteiger partial charge >= 0.3 is 12.1 Å². The van der Waals surface area contributed by atoms with Crippen molar-refractivity contribution in [3.8, 4) is 0 Å². The lowest BCUT2D eigenvalue weighted by Gasteiger charge is -2.22. The molecule has 0 aromatic rings. The number of rotatable bonds is 6. The largest absolute Gasteiger partial charge is 0.465 e. The number of hydrogen-bond donors (Lipinski definition) is 1. The van der Waals surface area contributed by atoms with Crippen molar-refractivity contribution in [1.82, 2.24) is 5.32 Å². The van der Waals surface area contributed by atoms with Gasteiger partial charge in [-0.1, -0.05) is 27.7 Å². The Morgan fingerprint density at radius 1 is 1.17 bits per heavy atom. The van der Waals surface area contributed by atoms with Gasteiger partial charge in [0.25, 0.3) is 0 Å². The van der Waals surface area contributed by atoms with Gasteiger partial charge in [0.05, 0.1) is 19.1 Å². The van der Waals surface area contributed by atoms with Crippen molar-refractivity contribution in [3.63, 3.8) is 0 Å². The lowest BCUT2D eigenvalue weighted by Crippen LogP contribution is -2.22. The monoisotopic (exact) mass is 259 g/mol. The summed E-state index contributed by atoms with van der Waals surface area (Å²) in [6, 6.07) is 0. The fraction of sp³-hybridized carbons (Fsp3) is 0.846. The van der Waals surface area contributed by atoms with Crippen molar-refractivity contribution in [2.24, 2.45) is 11.3 Å². The first-order valence-corrected chi connectivity index (χ1v) is 6.27. The second-order valence-electron chi connectivity index (χ2n) is 5.57. The molecule has 0 radical (unpaired) electrons. The van der Waals surface area contributed by atoms with E-state index < -0.39 is 6.09 Å². The number of esters is 1. The maximum Gasteiger partial charge on any atom is 0.406 e. The molecule has 5 nitrogen and oxygen atoms in total.